The SMILES string of the molecule is [2H]C=C(Br)C(=O)O. The van der Waals surface area contributed by atoms with Crippen molar-refractivity contribution in [3.63, 3.8) is 0 Å². The quantitative estimate of drug-likeness (QED) is 0.568. The van der Waals surface area contributed by atoms with Crippen molar-refractivity contribution >= 4 is 21.9 Å². The molecule has 0 atom stereocenters. The van der Waals surface area contributed by atoms with Gasteiger partial charge in [-0.25, -0.2) is 4.79 Å². The van der Waals surface area contributed by atoms with E-state index in [1.54, 1.807) is 0 Å². The molecular weight excluding hydrogens is 148 g/mol. The molecule has 0 fully saturated rings. The van der Waals surface area contributed by atoms with E-state index in [0.29, 0.717) is 0 Å². The molecule has 0 heterocycles. The zero-order valence-electron chi connectivity index (χ0n) is 3.81. The van der Waals surface area contributed by atoms with E-state index in [1.807, 2.05) is 0 Å². The van der Waals surface area contributed by atoms with Crippen LogP contribution in [-0.2, 0) is 4.79 Å². The normalized spacial score (nSPS) is 13.5. The summed E-state index contributed by atoms with van der Waals surface area (Å²) in [7, 11) is 0. The van der Waals surface area contributed by atoms with Gasteiger partial charge in [-0.05, 0) is 15.9 Å². The summed E-state index contributed by atoms with van der Waals surface area (Å²) in [5, 5.41) is 7.95. The molecule has 0 aromatic rings. The molecule has 0 aliphatic carbocycles. The first-order valence-corrected chi connectivity index (χ1v) is 1.95. The number of hydrogen-bond donors (Lipinski definition) is 1. The van der Waals surface area contributed by atoms with Gasteiger partial charge in [0, 0.05) is 0 Å². The second-order valence-corrected chi connectivity index (χ2v) is 1.51. The molecule has 0 aromatic heterocycles. The number of carbonyl (C=O) groups is 1. The molecule has 3 heteroatoms. The van der Waals surface area contributed by atoms with Crippen LogP contribution in [0, 0.1) is 0 Å². The first-order chi connectivity index (χ1) is 3.18. The van der Waals surface area contributed by atoms with E-state index in [9.17, 15) is 4.79 Å². The fourth-order valence-electron chi connectivity index (χ4n) is 0. The summed E-state index contributed by atoms with van der Waals surface area (Å²) < 4.78 is 6.22. The van der Waals surface area contributed by atoms with E-state index >= 15 is 0 Å². The fraction of sp³-hybridized carbons (Fsp3) is 0. The summed E-state index contributed by atoms with van der Waals surface area (Å²) in [5.41, 5.74) is 0. The molecule has 0 aliphatic heterocycles. The molecule has 0 saturated heterocycles. The molecule has 0 bridgehead atoms. The van der Waals surface area contributed by atoms with Gasteiger partial charge in [-0.2, -0.15) is 0 Å². The van der Waals surface area contributed by atoms with Gasteiger partial charge in [-0.3, -0.25) is 0 Å². The molecule has 0 unspecified atom stereocenters. The van der Waals surface area contributed by atoms with Crippen LogP contribution in [-0.4, -0.2) is 11.1 Å². The van der Waals surface area contributed by atoms with Gasteiger partial charge in [0.15, 0.2) is 0 Å². The van der Waals surface area contributed by atoms with Gasteiger partial charge in [-0.1, -0.05) is 6.55 Å². The average molecular weight is 152 g/mol. The molecule has 0 amide bonds. The minimum absolute atomic E-state index is 0.132. The van der Waals surface area contributed by atoms with E-state index in [2.05, 4.69) is 15.9 Å². The number of carboxylic acid groups (broad SMARTS) is 1. The molecule has 0 saturated carbocycles. The van der Waals surface area contributed by atoms with Gasteiger partial charge in [0.05, 0.1) is 5.85 Å². The van der Waals surface area contributed by atoms with Crippen molar-refractivity contribution in [2.75, 3.05) is 0 Å². The van der Waals surface area contributed by atoms with E-state index in [-0.39, 0.29) is 4.48 Å². The lowest BCUT2D eigenvalue weighted by molar-refractivity contribution is -0.131. The largest absolute Gasteiger partial charge is 0.477 e. The van der Waals surface area contributed by atoms with Crippen LogP contribution in [0.5, 0.6) is 0 Å². The summed E-state index contributed by atoms with van der Waals surface area (Å²) in [6.07, 6.45) is 0. The van der Waals surface area contributed by atoms with Gasteiger partial charge in [-0.15, -0.1) is 0 Å². The maximum absolute atomic E-state index is 9.70. The van der Waals surface area contributed by atoms with Crippen molar-refractivity contribution in [2.45, 2.75) is 0 Å². The number of carboxylic acids is 1. The summed E-state index contributed by atoms with van der Waals surface area (Å²) in [4.78, 5) is 9.70. The van der Waals surface area contributed by atoms with Crippen LogP contribution in [0.1, 0.15) is 1.37 Å². The lowest BCUT2D eigenvalue weighted by atomic mass is 10.7. The monoisotopic (exact) mass is 151 g/mol. The number of hydrogen-bond acceptors (Lipinski definition) is 1. The first-order valence-electron chi connectivity index (χ1n) is 1.73. The number of halogens is 1. The Labute approximate surface area is 45.0 Å². The second-order valence-electron chi connectivity index (χ2n) is 0.653. The van der Waals surface area contributed by atoms with Crippen molar-refractivity contribution in [3.8, 4) is 0 Å². The zero-order valence-corrected chi connectivity index (χ0v) is 4.40. The second kappa shape index (κ2) is 1.97. The topological polar surface area (TPSA) is 37.3 Å². The van der Waals surface area contributed by atoms with Crippen molar-refractivity contribution < 1.29 is 11.3 Å². The van der Waals surface area contributed by atoms with Crippen molar-refractivity contribution in [1.29, 1.82) is 0 Å². The highest BCUT2D eigenvalue weighted by molar-refractivity contribution is 9.12. The fourth-order valence-corrected chi connectivity index (χ4v) is 0. The molecule has 0 aliphatic rings. The van der Waals surface area contributed by atoms with Crippen molar-refractivity contribution in [2.24, 2.45) is 0 Å². The lowest BCUT2D eigenvalue weighted by Crippen LogP contribution is -1.89. The predicted molar refractivity (Wildman–Crippen MR) is 25.7 cm³/mol. The Hall–Kier alpha value is -0.310. The summed E-state index contributed by atoms with van der Waals surface area (Å²) in [6.45, 7) is 0.725. The molecule has 0 aromatic carbocycles. The van der Waals surface area contributed by atoms with Crippen LogP contribution in [0.15, 0.2) is 11.0 Å². The van der Waals surface area contributed by atoms with Crippen LogP contribution >= 0.6 is 15.9 Å². The molecule has 0 radical (unpaired) electrons. The zero-order chi connectivity index (χ0) is 5.86. The Balaban J connectivity index is 3.82. The Bertz CT molecular complexity index is 110. The van der Waals surface area contributed by atoms with Crippen molar-refractivity contribution in [3.05, 3.63) is 11.0 Å². The standard InChI is InChI=1S/C3H3BrO2/c1-2(4)3(5)6/h1H2,(H,5,6)/i1D. The third-order valence-electron chi connectivity index (χ3n) is 0.204. The van der Waals surface area contributed by atoms with Gasteiger partial charge >= 0.3 is 5.97 Å². The molecule has 1 N–H and O–H groups in total. The minimum Gasteiger partial charge on any atom is -0.477 e. The average Bonchev–Trinajstić information content (AvgIpc) is 1.65. The molecule has 34 valence electrons. The van der Waals surface area contributed by atoms with Crippen LogP contribution in [0.3, 0.4) is 0 Å². The molecular formula is C3H3BrO2. The maximum Gasteiger partial charge on any atom is 0.342 e. The van der Waals surface area contributed by atoms with Gasteiger partial charge in [0.1, 0.15) is 0 Å². The Kier molecular flexibility index (Phi) is 1.27. The summed E-state index contributed by atoms with van der Waals surface area (Å²) in [5.74, 6) is -1.12. The summed E-state index contributed by atoms with van der Waals surface area (Å²) >= 11 is 2.62. The highest BCUT2D eigenvalue weighted by Crippen LogP contribution is 1.97. The predicted octanol–water partition coefficient (Wildman–Crippen LogP) is 0.980. The van der Waals surface area contributed by atoms with Gasteiger partial charge in [0.25, 0.3) is 0 Å². The lowest BCUT2D eigenvalue weighted by Gasteiger charge is -1.77. The first kappa shape index (κ1) is 3.87. The molecule has 0 rings (SSSR count). The van der Waals surface area contributed by atoms with Gasteiger partial charge in [0.2, 0.25) is 0 Å². The molecule has 0 spiro atoms. The third kappa shape index (κ3) is 1.96. The Morgan fingerprint density at radius 2 is 2.67 bits per heavy atom. The smallest absolute Gasteiger partial charge is 0.342 e. The summed E-state index contributed by atoms with van der Waals surface area (Å²) in [6, 6.07) is 0. The van der Waals surface area contributed by atoms with E-state index in [4.69, 9.17) is 6.48 Å². The van der Waals surface area contributed by atoms with E-state index < -0.39 is 5.97 Å². The highest BCUT2D eigenvalue weighted by atomic mass is 79.9. The molecule has 6 heavy (non-hydrogen) atoms. The molecule has 2 nitrogen and oxygen atoms in total. The van der Waals surface area contributed by atoms with Crippen molar-refractivity contribution in [1.82, 2.24) is 0 Å². The Morgan fingerprint density at radius 3 is 2.67 bits per heavy atom. The van der Waals surface area contributed by atoms with Crippen LogP contribution in [0.4, 0.5) is 0 Å². The van der Waals surface area contributed by atoms with E-state index in [0.717, 1.165) is 6.55 Å². The van der Waals surface area contributed by atoms with Crippen LogP contribution in [0.25, 0.3) is 0 Å². The third-order valence-corrected chi connectivity index (χ3v) is 0.543. The highest BCUT2D eigenvalue weighted by Gasteiger charge is 1.93. The Morgan fingerprint density at radius 1 is 2.17 bits per heavy atom. The van der Waals surface area contributed by atoms with Gasteiger partial charge < -0.3 is 5.11 Å². The number of rotatable bonds is 1. The van der Waals surface area contributed by atoms with E-state index in [1.165, 1.54) is 0 Å². The van der Waals surface area contributed by atoms with Crippen LogP contribution in [0.2, 0.25) is 0 Å². The number of aliphatic carboxylic acids is 1. The van der Waals surface area contributed by atoms with Crippen LogP contribution < -0.4 is 0 Å². The minimum atomic E-state index is -1.12. The maximum atomic E-state index is 9.70.